The minimum absolute atomic E-state index is 0.597. The first-order valence-corrected chi connectivity index (χ1v) is 15.0. The van der Waals surface area contributed by atoms with Gasteiger partial charge in [-0.1, -0.05) is 91.0 Å². The summed E-state index contributed by atoms with van der Waals surface area (Å²) >= 11 is 0. The van der Waals surface area contributed by atoms with E-state index in [1.807, 2.05) is 24.8 Å². The van der Waals surface area contributed by atoms with Crippen LogP contribution in [0.15, 0.2) is 146 Å². The summed E-state index contributed by atoms with van der Waals surface area (Å²) in [5.41, 5.74) is 15.8. The minimum atomic E-state index is 0.597. The molecular weight excluding hydrogens is 520 g/mol. The summed E-state index contributed by atoms with van der Waals surface area (Å²) in [6, 6.07) is 44.8. The lowest BCUT2D eigenvalue weighted by atomic mass is 9.78. The van der Waals surface area contributed by atoms with E-state index in [9.17, 15) is 0 Å². The van der Waals surface area contributed by atoms with Crippen LogP contribution in [0, 0.1) is 0 Å². The van der Waals surface area contributed by atoms with E-state index in [2.05, 4.69) is 131 Å². The Morgan fingerprint density at radius 3 is 1.58 bits per heavy atom. The highest BCUT2D eigenvalue weighted by Gasteiger charge is 2.47. The smallest absolute Gasteiger partial charge is 0.0273 e. The Morgan fingerprint density at radius 2 is 0.953 bits per heavy atom. The Labute approximate surface area is 251 Å². The largest absolute Gasteiger partial charge is 0.265 e. The van der Waals surface area contributed by atoms with Crippen LogP contribution >= 0.6 is 0 Å². The third-order valence-electron chi connectivity index (χ3n) is 9.43. The van der Waals surface area contributed by atoms with Crippen LogP contribution in [-0.4, -0.2) is 9.97 Å². The first-order chi connectivity index (χ1) is 21.3. The van der Waals surface area contributed by atoms with Crippen molar-refractivity contribution >= 4 is 10.8 Å². The number of hydrogen-bond acceptors (Lipinski definition) is 2. The van der Waals surface area contributed by atoms with Crippen molar-refractivity contribution in [2.45, 2.75) is 18.3 Å². The molecule has 2 aliphatic carbocycles. The van der Waals surface area contributed by atoms with Gasteiger partial charge in [-0.15, -0.1) is 0 Å². The van der Waals surface area contributed by atoms with E-state index in [-0.39, 0.29) is 0 Å². The van der Waals surface area contributed by atoms with Gasteiger partial charge in [0.05, 0.1) is 0 Å². The topological polar surface area (TPSA) is 25.8 Å². The summed E-state index contributed by atoms with van der Waals surface area (Å²) in [4.78, 5) is 8.37. The van der Waals surface area contributed by atoms with Gasteiger partial charge in [-0.2, -0.15) is 0 Å². The van der Waals surface area contributed by atoms with Gasteiger partial charge < -0.3 is 0 Å². The Bertz CT molecular complexity index is 2130. The Morgan fingerprint density at radius 1 is 0.419 bits per heavy atom. The predicted molar refractivity (Wildman–Crippen MR) is 177 cm³/mol. The molecule has 202 valence electrons. The van der Waals surface area contributed by atoms with E-state index in [0.717, 1.165) is 0 Å². The van der Waals surface area contributed by atoms with Crippen molar-refractivity contribution < 1.29 is 0 Å². The third-order valence-corrected chi connectivity index (χ3v) is 9.43. The fourth-order valence-electron chi connectivity index (χ4n) is 7.29. The molecule has 43 heavy (non-hydrogen) atoms. The normalized spacial score (nSPS) is 16.3. The van der Waals surface area contributed by atoms with Crippen molar-refractivity contribution in [2.75, 3.05) is 0 Å². The zero-order valence-corrected chi connectivity index (χ0v) is 23.6. The highest BCUT2D eigenvalue weighted by Crippen LogP contribution is 2.65. The van der Waals surface area contributed by atoms with Crippen LogP contribution in [0.25, 0.3) is 66.4 Å². The first-order valence-electron chi connectivity index (χ1n) is 15.0. The number of fused-ring (bicyclic) bond motifs is 8. The van der Waals surface area contributed by atoms with Crippen LogP contribution in [0.5, 0.6) is 0 Å². The summed E-state index contributed by atoms with van der Waals surface area (Å²) in [6.45, 7) is 0. The SMILES string of the molecule is c1cc(-c2ccc(-c3ccncc3)cc2)c2c(c1)C1CC1c1c-2cc(-c2ccc(-c3ccncc3)cc2)c2ccccc12. The van der Waals surface area contributed by atoms with Crippen molar-refractivity contribution in [3.05, 3.63) is 157 Å². The van der Waals surface area contributed by atoms with Crippen molar-refractivity contribution in [1.29, 1.82) is 0 Å². The molecule has 0 saturated heterocycles. The maximum absolute atomic E-state index is 4.18. The molecule has 2 aromatic heterocycles. The van der Waals surface area contributed by atoms with Crippen molar-refractivity contribution in [3.8, 4) is 55.6 Å². The highest BCUT2D eigenvalue weighted by molar-refractivity contribution is 6.06. The summed E-state index contributed by atoms with van der Waals surface area (Å²) in [5, 5.41) is 2.74. The lowest BCUT2D eigenvalue weighted by Gasteiger charge is -2.26. The Balaban J connectivity index is 1.22. The number of benzene rings is 5. The molecule has 7 aromatic rings. The summed E-state index contributed by atoms with van der Waals surface area (Å²) in [6.07, 6.45) is 8.65. The van der Waals surface area contributed by atoms with Gasteiger partial charge in [-0.3, -0.25) is 9.97 Å². The summed E-state index contributed by atoms with van der Waals surface area (Å²) in [7, 11) is 0. The molecule has 1 saturated carbocycles. The van der Waals surface area contributed by atoms with Crippen molar-refractivity contribution in [1.82, 2.24) is 9.97 Å². The number of hydrogen-bond donors (Lipinski definition) is 0. The number of aromatic nitrogens is 2. The van der Waals surface area contributed by atoms with Gasteiger partial charge in [0.2, 0.25) is 0 Å². The van der Waals surface area contributed by atoms with Gasteiger partial charge in [-0.05, 0) is 126 Å². The van der Waals surface area contributed by atoms with Crippen molar-refractivity contribution in [3.63, 3.8) is 0 Å². The van der Waals surface area contributed by atoms with Gasteiger partial charge in [-0.25, -0.2) is 0 Å². The average molecular weight is 549 g/mol. The number of pyridine rings is 2. The molecule has 0 bridgehead atoms. The maximum Gasteiger partial charge on any atom is 0.0273 e. The van der Waals surface area contributed by atoms with Gasteiger partial charge in [0.15, 0.2) is 0 Å². The monoisotopic (exact) mass is 548 g/mol. The number of rotatable bonds is 4. The molecule has 2 atom stereocenters. The molecule has 5 aromatic carbocycles. The minimum Gasteiger partial charge on any atom is -0.265 e. The van der Waals surface area contributed by atoms with E-state index in [0.29, 0.717) is 11.8 Å². The van der Waals surface area contributed by atoms with Gasteiger partial charge in [0.1, 0.15) is 0 Å². The van der Waals surface area contributed by atoms with E-state index in [4.69, 9.17) is 0 Å². The van der Waals surface area contributed by atoms with Crippen molar-refractivity contribution in [2.24, 2.45) is 0 Å². The Kier molecular flexibility index (Phi) is 5.42. The fourth-order valence-corrected chi connectivity index (χ4v) is 7.29. The van der Waals surface area contributed by atoms with E-state index < -0.39 is 0 Å². The second-order valence-corrected chi connectivity index (χ2v) is 11.8. The third kappa shape index (κ3) is 3.94. The number of nitrogens with zero attached hydrogens (tertiary/aromatic N) is 2. The second kappa shape index (κ2) is 9.61. The molecule has 2 heteroatoms. The molecule has 0 aliphatic heterocycles. The summed E-state index contributed by atoms with van der Waals surface area (Å²) < 4.78 is 0. The van der Waals surface area contributed by atoms with E-state index in [1.165, 1.54) is 84.0 Å². The maximum atomic E-state index is 4.18. The molecule has 0 N–H and O–H groups in total. The van der Waals surface area contributed by atoms with Crippen LogP contribution < -0.4 is 0 Å². The lowest BCUT2D eigenvalue weighted by molar-refractivity contribution is 1.02. The Hall–Kier alpha value is -5.34. The molecule has 2 heterocycles. The van der Waals surface area contributed by atoms with Gasteiger partial charge >= 0.3 is 0 Å². The zero-order valence-electron chi connectivity index (χ0n) is 23.6. The molecule has 0 radical (unpaired) electrons. The van der Waals surface area contributed by atoms with Crippen LogP contribution in [0.1, 0.15) is 29.4 Å². The van der Waals surface area contributed by atoms with E-state index >= 15 is 0 Å². The molecule has 0 amide bonds. The standard InChI is InChI=1S/C41H28N2/c1-2-5-34-33(4-1)36(31-14-10-27(11-15-31)29-18-22-43-23-19-29)24-39-40-32(6-3-7-35(40)37-25-38(37)41(34)39)30-12-8-26(9-13-30)28-16-20-42-21-17-28/h1-24,37-38H,25H2. The lowest BCUT2D eigenvalue weighted by Crippen LogP contribution is -2.03. The molecule has 9 rings (SSSR count). The molecule has 1 fully saturated rings. The van der Waals surface area contributed by atoms with Crippen LogP contribution in [0.4, 0.5) is 0 Å². The quantitative estimate of drug-likeness (QED) is 0.219. The van der Waals surface area contributed by atoms with Crippen LogP contribution in [-0.2, 0) is 0 Å². The molecule has 0 spiro atoms. The molecule has 2 unspecified atom stereocenters. The van der Waals surface area contributed by atoms with Crippen LogP contribution in [0.2, 0.25) is 0 Å². The average Bonchev–Trinajstić information content (AvgIpc) is 3.90. The zero-order chi connectivity index (χ0) is 28.3. The van der Waals surface area contributed by atoms with E-state index in [1.54, 1.807) is 0 Å². The second-order valence-electron chi connectivity index (χ2n) is 11.8. The first kappa shape index (κ1) is 24.3. The predicted octanol–water partition coefficient (Wildman–Crippen LogP) is 10.5. The molecule has 2 nitrogen and oxygen atoms in total. The van der Waals surface area contributed by atoms with Gasteiger partial charge in [0.25, 0.3) is 0 Å². The molecule has 2 aliphatic rings. The fraction of sp³-hybridized carbons (Fsp3) is 0.0732. The van der Waals surface area contributed by atoms with Gasteiger partial charge in [0, 0.05) is 24.8 Å². The highest BCUT2D eigenvalue weighted by atomic mass is 14.6. The molecular formula is C41H28N2. The summed E-state index contributed by atoms with van der Waals surface area (Å²) in [5.74, 6) is 1.20. The van der Waals surface area contributed by atoms with Crippen LogP contribution in [0.3, 0.4) is 0 Å².